The molecule has 0 atom stereocenters. The van der Waals surface area contributed by atoms with Crippen LogP contribution in [0.4, 0.5) is 0 Å². The Kier molecular flexibility index (Phi) is 5.22. The maximum atomic E-state index is 6.44. The second-order valence-electron chi connectivity index (χ2n) is 5.57. The highest BCUT2D eigenvalue weighted by atomic mass is 32.1. The van der Waals surface area contributed by atoms with E-state index in [-0.39, 0.29) is 5.54 Å². The van der Waals surface area contributed by atoms with Crippen molar-refractivity contribution in [2.45, 2.75) is 64.0 Å². The average Bonchev–Trinajstić information content (AvgIpc) is 2.83. The zero-order valence-corrected chi connectivity index (χ0v) is 12.3. The molecule has 0 radical (unpaired) electrons. The maximum absolute atomic E-state index is 6.44. The van der Waals surface area contributed by atoms with Gasteiger partial charge in [-0.3, -0.25) is 0 Å². The second kappa shape index (κ2) is 6.69. The van der Waals surface area contributed by atoms with Crippen molar-refractivity contribution >= 4 is 11.3 Å². The van der Waals surface area contributed by atoms with Crippen molar-refractivity contribution in [1.82, 2.24) is 5.32 Å². The van der Waals surface area contributed by atoms with Gasteiger partial charge in [0.05, 0.1) is 0 Å². The highest BCUT2D eigenvalue weighted by Gasteiger charge is 2.26. The fraction of sp³-hybridized carbons (Fsp3) is 0.733. The summed E-state index contributed by atoms with van der Waals surface area (Å²) in [5, 5.41) is 5.76. The van der Waals surface area contributed by atoms with E-state index in [1.807, 2.05) is 11.3 Å². The minimum atomic E-state index is 0.119. The molecule has 2 nitrogen and oxygen atoms in total. The first kappa shape index (κ1) is 14.0. The lowest BCUT2D eigenvalue weighted by Gasteiger charge is -2.33. The summed E-state index contributed by atoms with van der Waals surface area (Å²) in [5.41, 5.74) is 8.05. The summed E-state index contributed by atoms with van der Waals surface area (Å²) in [5.74, 6) is 0. The van der Waals surface area contributed by atoms with Crippen LogP contribution < -0.4 is 11.1 Å². The van der Waals surface area contributed by atoms with Crippen molar-refractivity contribution in [3.63, 3.8) is 0 Å². The monoisotopic (exact) mass is 266 g/mol. The molecule has 1 heterocycles. The molecule has 0 spiro atoms. The Hall–Kier alpha value is -0.380. The van der Waals surface area contributed by atoms with Gasteiger partial charge in [0.15, 0.2) is 0 Å². The Morgan fingerprint density at radius 2 is 2.11 bits per heavy atom. The lowest BCUT2D eigenvalue weighted by Crippen LogP contribution is -2.43. The number of aryl methyl sites for hydroxylation is 1. The van der Waals surface area contributed by atoms with Crippen LogP contribution in [0.3, 0.4) is 0 Å². The minimum Gasteiger partial charge on any atom is -0.325 e. The van der Waals surface area contributed by atoms with E-state index in [1.165, 1.54) is 42.5 Å². The van der Waals surface area contributed by atoms with Crippen molar-refractivity contribution in [2.24, 2.45) is 5.73 Å². The quantitative estimate of drug-likeness (QED) is 0.774. The normalized spacial score (nSPS) is 19.0. The first-order chi connectivity index (χ1) is 8.73. The SMILES string of the molecule is CCc1ccsc1CNCCC1(N)CCCCC1. The highest BCUT2D eigenvalue weighted by Crippen LogP contribution is 2.28. The van der Waals surface area contributed by atoms with E-state index < -0.39 is 0 Å². The molecule has 0 bridgehead atoms. The lowest BCUT2D eigenvalue weighted by molar-refractivity contribution is 0.275. The first-order valence-corrected chi connectivity index (χ1v) is 8.16. The average molecular weight is 266 g/mol. The van der Waals surface area contributed by atoms with Crippen molar-refractivity contribution in [1.29, 1.82) is 0 Å². The second-order valence-corrected chi connectivity index (χ2v) is 6.57. The molecule has 1 fully saturated rings. The van der Waals surface area contributed by atoms with E-state index in [1.54, 1.807) is 0 Å². The topological polar surface area (TPSA) is 38.0 Å². The number of nitrogens with two attached hydrogens (primary N) is 1. The Balaban J connectivity index is 1.69. The van der Waals surface area contributed by atoms with Gasteiger partial charge in [0.25, 0.3) is 0 Å². The molecule has 1 saturated carbocycles. The van der Waals surface area contributed by atoms with E-state index in [0.717, 1.165) is 25.9 Å². The summed E-state index contributed by atoms with van der Waals surface area (Å²) >= 11 is 1.87. The summed E-state index contributed by atoms with van der Waals surface area (Å²) in [7, 11) is 0. The Morgan fingerprint density at radius 1 is 1.33 bits per heavy atom. The summed E-state index contributed by atoms with van der Waals surface area (Å²) in [6.07, 6.45) is 8.72. The molecule has 102 valence electrons. The van der Waals surface area contributed by atoms with Crippen LogP contribution in [0.1, 0.15) is 55.9 Å². The number of rotatable bonds is 6. The van der Waals surface area contributed by atoms with Crippen LogP contribution in [0.2, 0.25) is 0 Å². The van der Waals surface area contributed by atoms with Gasteiger partial charge in [0.2, 0.25) is 0 Å². The Morgan fingerprint density at radius 3 is 2.83 bits per heavy atom. The zero-order valence-electron chi connectivity index (χ0n) is 11.5. The molecule has 18 heavy (non-hydrogen) atoms. The Labute approximate surface area is 115 Å². The van der Waals surface area contributed by atoms with Crippen molar-refractivity contribution < 1.29 is 0 Å². The standard InChI is InChI=1S/C15H26N2S/c1-2-13-6-11-18-14(13)12-17-10-9-15(16)7-4-3-5-8-15/h6,11,17H,2-5,7-10,12,16H2,1H3. The van der Waals surface area contributed by atoms with Gasteiger partial charge in [-0.15, -0.1) is 11.3 Å². The Bertz CT molecular complexity index is 353. The zero-order chi connectivity index (χ0) is 12.8. The fourth-order valence-corrected chi connectivity index (χ4v) is 3.83. The van der Waals surface area contributed by atoms with Gasteiger partial charge < -0.3 is 11.1 Å². The molecule has 1 aromatic rings. The molecular formula is C15H26N2S. The highest BCUT2D eigenvalue weighted by molar-refractivity contribution is 7.10. The fourth-order valence-electron chi connectivity index (χ4n) is 2.88. The molecule has 1 aromatic heterocycles. The van der Waals surface area contributed by atoms with Gasteiger partial charge >= 0.3 is 0 Å². The molecule has 0 aliphatic heterocycles. The lowest BCUT2D eigenvalue weighted by atomic mass is 9.80. The molecule has 1 aliphatic rings. The van der Waals surface area contributed by atoms with Gasteiger partial charge in [-0.2, -0.15) is 0 Å². The van der Waals surface area contributed by atoms with E-state index in [0.29, 0.717) is 0 Å². The van der Waals surface area contributed by atoms with Gasteiger partial charge in [-0.05, 0) is 49.2 Å². The molecule has 0 unspecified atom stereocenters. The van der Waals surface area contributed by atoms with Crippen LogP contribution in [0.15, 0.2) is 11.4 Å². The van der Waals surface area contributed by atoms with Crippen LogP contribution >= 0.6 is 11.3 Å². The number of hydrogen-bond donors (Lipinski definition) is 2. The molecule has 0 saturated heterocycles. The summed E-state index contributed by atoms with van der Waals surface area (Å²) in [6, 6.07) is 2.24. The van der Waals surface area contributed by atoms with Crippen LogP contribution in [-0.2, 0) is 13.0 Å². The third-order valence-corrected chi connectivity index (χ3v) is 5.12. The maximum Gasteiger partial charge on any atom is 0.0302 e. The largest absolute Gasteiger partial charge is 0.325 e. The molecule has 2 rings (SSSR count). The van der Waals surface area contributed by atoms with Crippen LogP contribution in [0.5, 0.6) is 0 Å². The molecule has 1 aliphatic carbocycles. The van der Waals surface area contributed by atoms with E-state index in [9.17, 15) is 0 Å². The van der Waals surface area contributed by atoms with Crippen LogP contribution in [0.25, 0.3) is 0 Å². The van der Waals surface area contributed by atoms with Gasteiger partial charge in [0, 0.05) is 17.0 Å². The predicted octanol–water partition coefficient (Wildman–Crippen LogP) is 3.45. The number of nitrogens with one attached hydrogen (secondary N) is 1. The van der Waals surface area contributed by atoms with Crippen LogP contribution in [0, 0.1) is 0 Å². The van der Waals surface area contributed by atoms with E-state index in [4.69, 9.17) is 5.73 Å². The van der Waals surface area contributed by atoms with Gasteiger partial charge in [-0.25, -0.2) is 0 Å². The van der Waals surface area contributed by atoms with Gasteiger partial charge in [-0.1, -0.05) is 26.2 Å². The number of thiophene rings is 1. The first-order valence-electron chi connectivity index (χ1n) is 7.28. The van der Waals surface area contributed by atoms with E-state index in [2.05, 4.69) is 23.7 Å². The molecule has 0 aromatic carbocycles. The summed E-state index contributed by atoms with van der Waals surface area (Å²) in [6.45, 7) is 4.29. The molecule has 0 amide bonds. The predicted molar refractivity (Wildman–Crippen MR) is 80.0 cm³/mol. The summed E-state index contributed by atoms with van der Waals surface area (Å²) in [4.78, 5) is 1.49. The van der Waals surface area contributed by atoms with Crippen molar-refractivity contribution in [3.8, 4) is 0 Å². The number of hydrogen-bond acceptors (Lipinski definition) is 3. The summed E-state index contributed by atoms with van der Waals surface area (Å²) < 4.78 is 0. The van der Waals surface area contributed by atoms with E-state index >= 15 is 0 Å². The third kappa shape index (κ3) is 3.81. The smallest absolute Gasteiger partial charge is 0.0302 e. The van der Waals surface area contributed by atoms with Crippen molar-refractivity contribution in [3.05, 3.63) is 21.9 Å². The molecular weight excluding hydrogens is 240 g/mol. The molecule has 3 heteroatoms. The van der Waals surface area contributed by atoms with Gasteiger partial charge in [0.1, 0.15) is 0 Å². The van der Waals surface area contributed by atoms with Crippen molar-refractivity contribution in [2.75, 3.05) is 6.54 Å². The van der Waals surface area contributed by atoms with Crippen LogP contribution in [-0.4, -0.2) is 12.1 Å². The molecule has 3 N–H and O–H groups in total. The minimum absolute atomic E-state index is 0.119. The third-order valence-electron chi connectivity index (χ3n) is 4.15.